The molecular weight excluding hydrogens is 460 g/mol. The Kier molecular flexibility index (Phi) is 6.56. The summed E-state index contributed by atoms with van der Waals surface area (Å²) in [6.45, 7) is 0.659. The lowest BCUT2D eigenvalue weighted by molar-refractivity contribution is 0.103. The molecule has 0 atom stereocenters. The number of nitrogens with zero attached hydrogens (tertiary/aromatic N) is 2. The SMILES string of the molecule is O=C(Nc1ccn(Cc2ccc(Cl)c(Cl)c2)n1)c1cc(COc2ccccc2F)cs1. The third-order valence-electron chi connectivity index (χ3n) is 4.32. The van der Waals surface area contributed by atoms with E-state index in [9.17, 15) is 9.18 Å². The maximum atomic E-state index is 13.6. The number of halogens is 3. The van der Waals surface area contributed by atoms with Crippen molar-refractivity contribution in [2.75, 3.05) is 5.32 Å². The van der Waals surface area contributed by atoms with Gasteiger partial charge in [-0.1, -0.05) is 41.4 Å². The smallest absolute Gasteiger partial charge is 0.266 e. The number of thiophene rings is 1. The molecule has 0 radical (unpaired) electrons. The maximum absolute atomic E-state index is 13.6. The Labute approximate surface area is 192 Å². The fourth-order valence-electron chi connectivity index (χ4n) is 2.81. The van der Waals surface area contributed by atoms with E-state index in [-0.39, 0.29) is 18.3 Å². The Morgan fingerprint density at radius 3 is 2.74 bits per heavy atom. The third-order valence-corrected chi connectivity index (χ3v) is 6.04. The van der Waals surface area contributed by atoms with Gasteiger partial charge in [0.15, 0.2) is 17.4 Å². The van der Waals surface area contributed by atoms with Crippen molar-refractivity contribution in [1.82, 2.24) is 9.78 Å². The van der Waals surface area contributed by atoms with Crippen molar-refractivity contribution in [3.05, 3.63) is 98.0 Å². The second-order valence-corrected chi connectivity index (χ2v) is 8.37. The lowest BCUT2D eigenvalue weighted by Crippen LogP contribution is -2.11. The van der Waals surface area contributed by atoms with Crippen molar-refractivity contribution in [2.24, 2.45) is 0 Å². The van der Waals surface area contributed by atoms with Gasteiger partial charge < -0.3 is 10.1 Å². The van der Waals surface area contributed by atoms with E-state index in [1.165, 1.54) is 17.4 Å². The van der Waals surface area contributed by atoms with Gasteiger partial charge in [-0.15, -0.1) is 11.3 Å². The molecular formula is C22H16Cl2FN3O2S. The Morgan fingerprint density at radius 2 is 1.94 bits per heavy atom. The number of nitrogens with one attached hydrogen (secondary N) is 1. The van der Waals surface area contributed by atoms with E-state index in [1.807, 2.05) is 6.07 Å². The minimum Gasteiger partial charge on any atom is -0.486 e. The fourth-order valence-corrected chi connectivity index (χ4v) is 3.93. The largest absolute Gasteiger partial charge is 0.486 e. The summed E-state index contributed by atoms with van der Waals surface area (Å²) < 4.78 is 20.8. The van der Waals surface area contributed by atoms with Crippen LogP contribution in [0.3, 0.4) is 0 Å². The van der Waals surface area contributed by atoms with Gasteiger partial charge in [0.25, 0.3) is 5.91 Å². The van der Waals surface area contributed by atoms with Crippen LogP contribution in [0.1, 0.15) is 20.8 Å². The lowest BCUT2D eigenvalue weighted by Gasteiger charge is -2.05. The Bertz CT molecular complexity index is 1220. The summed E-state index contributed by atoms with van der Waals surface area (Å²) in [6.07, 6.45) is 1.76. The summed E-state index contributed by atoms with van der Waals surface area (Å²) in [5.74, 6) is -0.0936. The van der Waals surface area contributed by atoms with Crippen LogP contribution in [-0.4, -0.2) is 15.7 Å². The van der Waals surface area contributed by atoms with E-state index < -0.39 is 5.82 Å². The molecule has 2 aromatic heterocycles. The number of ether oxygens (including phenoxy) is 1. The van der Waals surface area contributed by atoms with Crippen molar-refractivity contribution in [3.63, 3.8) is 0 Å². The number of anilines is 1. The number of benzene rings is 2. The van der Waals surface area contributed by atoms with Gasteiger partial charge in [0, 0.05) is 17.8 Å². The normalized spacial score (nSPS) is 10.8. The molecule has 0 spiro atoms. The number of amides is 1. The second-order valence-electron chi connectivity index (χ2n) is 6.64. The van der Waals surface area contributed by atoms with Gasteiger partial charge in [-0.2, -0.15) is 5.10 Å². The van der Waals surface area contributed by atoms with E-state index >= 15 is 0 Å². The van der Waals surface area contributed by atoms with Crippen molar-refractivity contribution in [3.8, 4) is 5.75 Å². The van der Waals surface area contributed by atoms with Crippen LogP contribution in [0, 0.1) is 5.82 Å². The van der Waals surface area contributed by atoms with Crippen molar-refractivity contribution in [1.29, 1.82) is 0 Å². The summed E-state index contributed by atoms with van der Waals surface area (Å²) in [5, 5.41) is 9.91. The average molecular weight is 476 g/mol. The number of hydrogen-bond acceptors (Lipinski definition) is 4. The van der Waals surface area contributed by atoms with Crippen molar-refractivity contribution >= 4 is 46.3 Å². The predicted molar refractivity (Wildman–Crippen MR) is 121 cm³/mol. The average Bonchev–Trinajstić information content (AvgIpc) is 3.40. The molecule has 0 saturated heterocycles. The van der Waals surface area contributed by atoms with Gasteiger partial charge in [0.05, 0.1) is 21.5 Å². The first-order valence-electron chi connectivity index (χ1n) is 9.21. The summed E-state index contributed by atoms with van der Waals surface area (Å²) in [6, 6.07) is 15.0. The Balaban J connectivity index is 1.34. The molecule has 1 amide bonds. The molecule has 4 rings (SSSR count). The topological polar surface area (TPSA) is 56.2 Å². The van der Waals surface area contributed by atoms with E-state index in [2.05, 4.69) is 10.4 Å². The van der Waals surface area contributed by atoms with Gasteiger partial charge >= 0.3 is 0 Å². The summed E-state index contributed by atoms with van der Waals surface area (Å²) >= 11 is 13.3. The fraction of sp³-hybridized carbons (Fsp3) is 0.0909. The lowest BCUT2D eigenvalue weighted by atomic mass is 10.2. The number of hydrogen-bond donors (Lipinski definition) is 1. The zero-order valence-corrected chi connectivity index (χ0v) is 18.3. The molecule has 0 aliphatic carbocycles. The van der Waals surface area contributed by atoms with Gasteiger partial charge in [-0.3, -0.25) is 9.48 Å². The van der Waals surface area contributed by atoms with Crippen LogP contribution >= 0.6 is 34.5 Å². The van der Waals surface area contributed by atoms with E-state index in [0.29, 0.717) is 27.3 Å². The maximum Gasteiger partial charge on any atom is 0.266 e. The number of carbonyl (C=O) groups excluding carboxylic acids is 1. The van der Waals surface area contributed by atoms with Gasteiger partial charge in [-0.25, -0.2) is 4.39 Å². The molecule has 2 heterocycles. The van der Waals surface area contributed by atoms with E-state index in [1.54, 1.807) is 58.7 Å². The molecule has 0 unspecified atom stereocenters. The van der Waals surface area contributed by atoms with Crippen LogP contribution in [0.4, 0.5) is 10.2 Å². The first-order chi connectivity index (χ1) is 15.0. The van der Waals surface area contributed by atoms with Crippen LogP contribution < -0.4 is 10.1 Å². The highest BCUT2D eigenvalue weighted by molar-refractivity contribution is 7.12. The molecule has 5 nitrogen and oxygen atoms in total. The van der Waals surface area contributed by atoms with Crippen LogP contribution in [0.25, 0.3) is 0 Å². The molecule has 2 aromatic carbocycles. The van der Waals surface area contributed by atoms with Gasteiger partial charge in [0.1, 0.15) is 6.61 Å². The summed E-state index contributed by atoms with van der Waals surface area (Å²) in [5.41, 5.74) is 1.72. The quantitative estimate of drug-likeness (QED) is 0.342. The van der Waals surface area contributed by atoms with Crippen molar-refractivity contribution in [2.45, 2.75) is 13.2 Å². The molecule has 158 valence electrons. The van der Waals surface area contributed by atoms with Crippen molar-refractivity contribution < 1.29 is 13.9 Å². The molecule has 1 N–H and O–H groups in total. The van der Waals surface area contributed by atoms with Gasteiger partial charge in [0.2, 0.25) is 0 Å². The first-order valence-corrected chi connectivity index (χ1v) is 10.8. The highest BCUT2D eigenvalue weighted by Gasteiger charge is 2.12. The second kappa shape index (κ2) is 9.51. The number of carbonyl (C=O) groups is 1. The van der Waals surface area contributed by atoms with E-state index in [4.69, 9.17) is 27.9 Å². The monoisotopic (exact) mass is 475 g/mol. The molecule has 0 aliphatic heterocycles. The molecule has 0 bridgehead atoms. The highest BCUT2D eigenvalue weighted by Crippen LogP contribution is 2.23. The minimum atomic E-state index is -0.424. The van der Waals surface area contributed by atoms with Crippen LogP contribution in [-0.2, 0) is 13.2 Å². The Morgan fingerprint density at radius 1 is 1.10 bits per heavy atom. The zero-order valence-electron chi connectivity index (χ0n) is 16.0. The zero-order chi connectivity index (χ0) is 21.8. The van der Waals surface area contributed by atoms with Crippen LogP contribution in [0.2, 0.25) is 10.0 Å². The molecule has 4 aromatic rings. The summed E-state index contributed by atoms with van der Waals surface area (Å²) in [4.78, 5) is 13.0. The number of aromatic nitrogens is 2. The minimum absolute atomic E-state index is 0.170. The molecule has 9 heteroatoms. The standard InChI is InChI=1S/C22H16Cl2FN3O2S/c23-16-6-5-14(9-17(16)24)11-28-8-7-21(27-28)26-22(29)20-10-15(13-31-20)12-30-19-4-2-1-3-18(19)25/h1-10,13H,11-12H2,(H,26,27,29). The predicted octanol–water partition coefficient (Wildman–Crippen LogP) is 6.27. The number of para-hydroxylation sites is 1. The molecule has 0 fully saturated rings. The van der Waals surface area contributed by atoms with Crippen LogP contribution in [0.15, 0.2) is 66.2 Å². The summed E-state index contributed by atoms with van der Waals surface area (Å²) in [7, 11) is 0. The molecule has 31 heavy (non-hydrogen) atoms. The van der Waals surface area contributed by atoms with Gasteiger partial charge in [-0.05, 0) is 41.3 Å². The number of rotatable bonds is 7. The first kappa shape index (κ1) is 21.4. The molecule has 0 saturated carbocycles. The third kappa shape index (κ3) is 5.44. The Hall–Kier alpha value is -2.87. The molecule has 0 aliphatic rings. The van der Waals surface area contributed by atoms with E-state index in [0.717, 1.165) is 11.1 Å². The highest BCUT2D eigenvalue weighted by atomic mass is 35.5. The van der Waals surface area contributed by atoms with Crippen LogP contribution in [0.5, 0.6) is 5.75 Å².